The van der Waals surface area contributed by atoms with Crippen molar-refractivity contribution < 1.29 is 4.79 Å². The smallest absolute Gasteiger partial charge is 0.251 e. The predicted octanol–water partition coefficient (Wildman–Crippen LogP) is 3.48. The van der Waals surface area contributed by atoms with Gasteiger partial charge in [0.25, 0.3) is 5.91 Å². The molecule has 2 aromatic carbocycles. The fraction of sp³-hybridized carbons (Fsp3) is 0.269. The Balaban J connectivity index is 1.49. The van der Waals surface area contributed by atoms with Crippen LogP contribution in [0.2, 0.25) is 0 Å². The van der Waals surface area contributed by atoms with Crippen molar-refractivity contribution in [3.8, 4) is 6.07 Å². The van der Waals surface area contributed by atoms with Gasteiger partial charge in [0, 0.05) is 41.1 Å². The molecule has 0 bridgehead atoms. The molecule has 0 saturated carbocycles. The van der Waals surface area contributed by atoms with E-state index in [1.54, 1.807) is 0 Å². The summed E-state index contributed by atoms with van der Waals surface area (Å²) in [5.41, 5.74) is 4.60. The summed E-state index contributed by atoms with van der Waals surface area (Å²) in [6.07, 6.45) is 9.58. The number of nitrogens with one attached hydrogen (secondary N) is 2. The molecule has 2 atom stereocenters. The summed E-state index contributed by atoms with van der Waals surface area (Å²) in [6, 6.07) is 14.2. The summed E-state index contributed by atoms with van der Waals surface area (Å²) >= 11 is 0. The Kier molecular flexibility index (Phi) is 5.99. The van der Waals surface area contributed by atoms with Gasteiger partial charge in [-0.2, -0.15) is 5.26 Å². The van der Waals surface area contributed by atoms with Crippen molar-refractivity contribution in [2.24, 2.45) is 4.99 Å². The van der Waals surface area contributed by atoms with E-state index in [1.807, 2.05) is 49.5 Å². The molecule has 1 heterocycles. The molecule has 0 aromatic heterocycles. The number of carbonyl (C=O) groups excluding carboxylic acids is 1. The molecule has 1 aliphatic heterocycles. The highest BCUT2D eigenvalue weighted by atomic mass is 16.1. The first-order valence-electron chi connectivity index (χ1n) is 10.7. The van der Waals surface area contributed by atoms with Crippen LogP contribution in [0.3, 0.4) is 0 Å². The summed E-state index contributed by atoms with van der Waals surface area (Å²) in [4.78, 5) is 17.0. The second-order valence-corrected chi connectivity index (χ2v) is 8.07. The minimum absolute atomic E-state index is 0.0631. The lowest BCUT2D eigenvalue weighted by atomic mass is 9.89. The number of nitriles is 1. The normalized spacial score (nSPS) is 17.1. The lowest BCUT2D eigenvalue weighted by Gasteiger charge is -2.22. The summed E-state index contributed by atoms with van der Waals surface area (Å²) < 4.78 is 0. The molecular weight excluding hydrogens is 384 g/mol. The molecule has 2 unspecified atom stereocenters. The maximum absolute atomic E-state index is 12.5. The Morgan fingerprint density at radius 3 is 2.90 bits per heavy atom. The largest absolute Gasteiger partial charge is 0.379 e. The van der Waals surface area contributed by atoms with Gasteiger partial charge in [0.1, 0.15) is 0 Å². The van der Waals surface area contributed by atoms with E-state index >= 15 is 0 Å². The number of anilines is 1. The van der Waals surface area contributed by atoms with Gasteiger partial charge in [0.15, 0.2) is 0 Å². The molecule has 5 heteroatoms. The Hall–Kier alpha value is -3.65. The van der Waals surface area contributed by atoms with Crippen LogP contribution in [0.4, 0.5) is 5.69 Å². The van der Waals surface area contributed by atoms with E-state index in [4.69, 9.17) is 0 Å². The van der Waals surface area contributed by atoms with Crippen LogP contribution < -0.4 is 21.2 Å². The molecule has 1 amide bonds. The van der Waals surface area contributed by atoms with Gasteiger partial charge < -0.3 is 10.6 Å². The van der Waals surface area contributed by atoms with E-state index in [0.29, 0.717) is 17.7 Å². The maximum atomic E-state index is 12.5. The van der Waals surface area contributed by atoms with Gasteiger partial charge in [0.2, 0.25) is 0 Å². The van der Waals surface area contributed by atoms with Crippen molar-refractivity contribution in [2.75, 3.05) is 11.9 Å². The molecule has 0 spiro atoms. The average molecular weight is 411 g/mol. The zero-order valence-corrected chi connectivity index (χ0v) is 17.9. The third-order valence-electron chi connectivity index (χ3n) is 5.76. The molecule has 1 aliphatic carbocycles. The van der Waals surface area contributed by atoms with Crippen LogP contribution in [0.15, 0.2) is 65.2 Å². The SMILES string of the molecule is CCC(CNC(=O)c1cccc(C)c1)Nc1cc(C2C=C(C#N)C=CC2)cc2c1=NC=2. The summed E-state index contributed by atoms with van der Waals surface area (Å²) in [7, 11) is 0. The Labute approximate surface area is 182 Å². The average Bonchev–Trinajstić information content (AvgIpc) is 2.77. The van der Waals surface area contributed by atoms with Gasteiger partial charge in [-0.1, -0.05) is 36.8 Å². The van der Waals surface area contributed by atoms with Crippen LogP contribution in [-0.2, 0) is 0 Å². The lowest BCUT2D eigenvalue weighted by Crippen LogP contribution is -2.40. The number of aryl methyl sites for hydroxylation is 1. The molecule has 2 aliphatic rings. The third kappa shape index (κ3) is 4.59. The van der Waals surface area contributed by atoms with E-state index in [9.17, 15) is 10.1 Å². The van der Waals surface area contributed by atoms with Crippen molar-refractivity contribution >= 4 is 17.8 Å². The zero-order valence-electron chi connectivity index (χ0n) is 17.9. The van der Waals surface area contributed by atoms with Crippen LogP contribution in [0.5, 0.6) is 0 Å². The number of allylic oxidation sites excluding steroid dienone is 4. The van der Waals surface area contributed by atoms with Crippen molar-refractivity contribution in [2.45, 2.75) is 38.6 Å². The monoisotopic (exact) mass is 410 g/mol. The first kappa shape index (κ1) is 20.6. The molecule has 0 radical (unpaired) electrons. The maximum Gasteiger partial charge on any atom is 0.251 e. The molecule has 0 saturated heterocycles. The first-order chi connectivity index (χ1) is 15.1. The Bertz CT molecular complexity index is 1230. The summed E-state index contributed by atoms with van der Waals surface area (Å²) in [5.74, 6) is 0.118. The quantitative estimate of drug-likeness (QED) is 0.734. The van der Waals surface area contributed by atoms with Crippen LogP contribution in [0.25, 0.3) is 6.20 Å². The highest BCUT2D eigenvalue weighted by molar-refractivity contribution is 5.94. The molecule has 2 aromatic rings. The number of rotatable bonds is 7. The second-order valence-electron chi connectivity index (χ2n) is 8.07. The van der Waals surface area contributed by atoms with Gasteiger partial charge in [0.05, 0.1) is 17.1 Å². The second kappa shape index (κ2) is 9.01. The highest BCUT2D eigenvalue weighted by Crippen LogP contribution is 2.27. The fourth-order valence-corrected chi connectivity index (χ4v) is 3.93. The molecule has 156 valence electrons. The molecular formula is C26H26N4O. The highest BCUT2D eigenvalue weighted by Gasteiger charge is 2.17. The number of amides is 1. The van der Waals surface area contributed by atoms with Gasteiger partial charge >= 0.3 is 0 Å². The number of hydrogen-bond donors (Lipinski definition) is 2. The molecule has 0 fully saturated rings. The molecule has 4 rings (SSSR count). The Morgan fingerprint density at radius 1 is 1.32 bits per heavy atom. The topological polar surface area (TPSA) is 77.3 Å². The molecule has 2 N–H and O–H groups in total. The molecule has 31 heavy (non-hydrogen) atoms. The van der Waals surface area contributed by atoms with E-state index in [0.717, 1.165) is 34.7 Å². The van der Waals surface area contributed by atoms with Crippen molar-refractivity contribution in [3.05, 3.63) is 87.5 Å². The van der Waals surface area contributed by atoms with Gasteiger partial charge in [-0.05, 0) is 55.7 Å². The van der Waals surface area contributed by atoms with Gasteiger partial charge in [-0.25, -0.2) is 0 Å². The number of carbonyl (C=O) groups is 1. The number of hydrogen-bond acceptors (Lipinski definition) is 4. The predicted molar refractivity (Wildman–Crippen MR) is 123 cm³/mol. The summed E-state index contributed by atoms with van der Waals surface area (Å²) in [6.45, 7) is 4.61. The van der Waals surface area contributed by atoms with Gasteiger partial charge in [-0.15, -0.1) is 0 Å². The van der Waals surface area contributed by atoms with Crippen LogP contribution in [-0.4, -0.2) is 18.5 Å². The fourth-order valence-electron chi connectivity index (χ4n) is 3.93. The van der Waals surface area contributed by atoms with Crippen molar-refractivity contribution in [3.63, 3.8) is 0 Å². The first-order valence-corrected chi connectivity index (χ1v) is 10.7. The number of fused-ring (bicyclic) bond motifs is 1. The van der Waals surface area contributed by atoms with E-state index in [1.165, 1.54) is 5.56 Å². The van der Waals surface area contributed by atoms with Gasteiger partial charge in [-0.3, -0.25) is 9.79 Å². The van der Waals surface area contributed by atoms with E-state index in [2.05, 4.69) is 46.8 Å². The van der Waals surface area contributed by atoms with Crippen molar-refractivity contribution in [1.82, 2.24) is 5.32 Å². The molecule has 5 nitrogen and oxygen atoms in total. The third-order valence-corrected chi connectivity index (χ3v) is 5.76. The lowest BCUT2D eigenvalue weighted by molar-refractivity contribution is 0.0951. The van der Waals surface area contributed by atoms with Crippen molar-refractivity contribution in [1.29, 1.82) is 5.26 Å². The van der Waals surface area contributed by atoms with Crippen LogP contribution >= 0.6 is 0 Å². The summed E-state index contributed by atoms with van der Waals surface area (Å²) in [5, 5.41) is 17.9. The Morgan fingerprint density at radius 2 is 2.19 bits per heavy atom. The van der Waals surface area contributed by atoms with E-state index in [-0.39, 0.29) is 17.9 Å². The standard InChI is InChI=1S/C26H26N4O/c1-3-23(16-29-26(31)20-9-4-6-17(2)10-20)30-24-13-21(12-22-15-28-25(22)24)19-8-5-7-18(11-19)14-27/h4-7,9-13,15,19,23,30H,3,8,16H2,1-2H3,(H,29,31). The zero-order chi connectivity index (χ0) is 21.8. The number of benzene rings is 2. The minimum Gasteiger partial charge on any atom is -0.379 e. The van der Waals surface area contributed by atoms with Crippen LogP contribution in [0.1, 0.15) is 47.2 Å². The van der Waals surface area contributed by atoms with Crippen LogP contribution in [0, 0.1) is 18.3 Å². The van der Waals surface area contributed by atoms with E-state index < -0.39 is 0 Å². The minimum atomic E-state index is -0.0631. The number of nitrogens with zero attached hydrogens (tertiary/aromatic N) is 2.